The normalized spacial score (nSPS) is 20.8. The summed E-state index contributed by atoms with van der Waals surface area (Å²) in [5.74, 6) is 0.127. The van der Waals surface area contributed by atoms with Gasteiger partial charge in [-0.1, -0.05) is 13.8 Å². The Labute approximate surface area is 103 Å². The van der Waals surface area contributed by atoms with Crippen molar-refractivity contribution in [3.8, 4) is 0 Å². The molecule has 0 aromatic carbocycles. The molecule has 4 nitrogen and oxygen atoms in total. The standard InChI is InChI=1S/C13H23NO3/c1-4-17-13(16)8-11(15)9-14-7-5-6-12(14)10(2)3/h10,12H,4-9H2,1-3H3. The van der Waals surface area contributed by atoms with Crippen LogP contribution in [-0.2, 0) is 14.3 Å². The zero-order valence-electron chi connectivity index (χ0n) is 11.1. The quantitative estimate of drug-likeness (QED) is 0.524. The van der Waals surface area contributed by atoms with Crippen LogP contribution in [0.3, 0.4) is 0 Å². The number of rotatable bonds is 6. The molecule has 1 rings (SSSR count). The van der Waals surface area contributed by atoms with Crippen molar-refractivity contribution >= 4 is 11.8 Å². The Bertz CT molecular complexity index is 276. The van der Waals surface area contributed by atoms with E-state index in [0.29, 0.717) is 25.1 Å². The van der Waals surface area contributed by atoms with E-state index in [1.54, 1.807) is 6.92 Å². The third-order valence-corrected chi connectivity index (χ3v) is 3.21. The monoisotopic (exact) mass is 241 g/mol. The molecular formula is C13H23NO3. The van der Waals surface area contributed by atoms with Crippen molar-refractivity contribution in [1.29, 1.82) is 0 Å². The van der Waals surface area contributed by atoms with Crippen LogP contribution in [-0.4, -0.2) is 42.4 Å². The highest BCUT2D eigenvalue weighted by Crippen LogP contribution is 2.23. The van der Waals surface area contributed by atoms with E-state index in [1.165, 1.54) is 0 Å². The molecule has 0 spiro atoms. The lowest BCUT2D eigenvalue weighted by atomic mass is 10.0. The van der Waals surface area contributed by atoms with Crippen LogP contribution in [0, 0.1) is 5.92 Å². The van der Waals surface area contributed by atoms with E-state index < -0.39 is 5.97 Å². The number of nitrogens with zero attached hydrogens (tertiary/aromatic N) is 1. The van der Waals surface area contributed by atoms with E-state index >= 15 is 0 Å². The summed E-state index contributed by atoms with van der Waals surface area (Å²) in [6.07, 6.45) is 2.22. The van der Waals surface area contributed by atoms with E-state index in [-0.39, 0.29) is 12.2 Å². The number of ketones is 1. The minimum Gasteiger partial charge on any atom is -0.466 e. The van der Waals surface area contributed by atoms with Gasteiger partial charge >= 0.3 is 5.97 Å². The van der Waals surface area contributed by atoms with Crippen LogP contribution in [0.4, 0.5) is 0 Å². The van der Waals surface area contributed by atoms with Gasteiger partial charge in [0.05, 0.1) is 13.2 Å². The van der Waals surface area contributed by atoms with Crippen LogP contribution in [0.5, 0.6) is 0 Å². The number of likely N-dealkylation sites (tertiary alicyclic amines) is 1. The van der Waals surface area contributed by atoms with Crippen LogP contribution in [0.2, 0.25) is 0 Å². The largest absolute Gasteiger partial charge is 0.466 e. The maximum Gasteiger partial charge on any atom is 0.313 e. The van der Waals surface area contributed by atoms with Gasteiger partial charge in [-0.2, -0.15) is 0 Å². The lowest BCUT2D eigenvalue weighted by Gasteiger charge is -2.26. The molecule has 0 radical (unpaired) electrons. The highest BCUT2D eigenvalue weighted by atomic mass is 16.5. The van der Waals surface area contributed by atoms with Crippen molar-refractivity contribution in [3.63, 3.8) is 0 Å². The van der Waals surface area contributed by atoms with Gasteiger partial charge in [0.15, 0.2) is 5.78 Å². The molecule has 0 amide bonds. The van der Waals surface area contributed by atoms with Gasteiger partial charge in [-0.15, -0.1) is 0 Å². The second-order valence-electron chi connectivity index (χ2n) is 4.94. The highest BCUT2D eigenvalue weighted by molar-refractivity contribution is 5.96. The number of ether oxygens (including phenoxy) is 1. The molecule has 1 fully saturated rings. The number of Topliss-reactive ketones (excluding diaryl/α,β-unsaturated/α-hetero) is 1. The summed E-state index contributed by atoms with van der Waals surface area (Å²) in [5.41, 5.74) is 0. The van der Waals surface area contributed by atoms with Crippen LogP contribution in [0.15, 0.2) is 0 Å². The number of hydrogen-bond donors (Lipinski definition) is 0. The second kappa shape index (κ2) is 6.74. The predicted octanol–water partition coefficient (Wildman–Crippen LogP) is 1.63. The minimum atomic E-state index is -0.405. The zero-order chi connectivity index (χ0) is 12.8. The molecule has 0 bridgehead atoms. The summed E-state index contributed by atoms with van der Waals surface area (Å²) >= 11 is 0. The Hall–Kier alpha value is -0.900. The SMILES string of the molecule is CCOC(=O)CC(=O)CN1CCCC1C(C)C. The summed E-state index contributed by atoms with van der Waals surface area (Å²) in [5, 5.41) is 0. The minimum absolute atomic E-state index is 0.0315. The van der Waals surface area contributed by atoms with Crippen LogP contribution in [0.25, 0.3) is 0 Å². The Morgan fingerprint density at radius 1 is 1.41 bits per heavy atom. The zero-order valence-corrected chi connectivity index (χ0v) is 11.1. The van der Waals surface area contributed by atoms with E-state index in [4.69, 9.17) is 4.74 Å². The molecule has 1 saturated heterocycles. The van der Waals surface area contributed by atoms with Gasteiger partial charge in [0.25, 0.3) is 0 Å². The van der Waals surface area contributed by atoms with Crippen molar-refractivity contribution in [2.75, 3.05) is 19.7 Å². The summed E-state index contributed by atoms with van der Waals surface area (Å²) in [6, 6.07) is 0.487. The molecule has 4 heteroatoms. The van der Waals surface area contributed by atoms with Gasteiger partial charge in [-0.25, -0.2) is 0 Å². The smallest absolute Gasteiger partial charge is 0.313 e. The number of carbonyl (C=O) groups is 2. The van der Waals surface area contributed by atoms with Crippen molar-refractivity contribution < 1.29 is 14.3 Å². The molecule has 1 atom stereocenters. The Morgan fingerprint density at radius 3 is 2.71 bits per heavy atom. The molecule has 0 N–H and O–H groups in total. The Morgan fingerprint density at radius 2 is 2.12 bits per heavy atom. The molecule has 98 valence electrons. The third-order valence-electron chi connectivity index (χ3n) is 3.21. The maximum absolute atomic E-state index is 11.7. The first-order valence-corrected chi connectivity index (χ1v) is 6.46. The van der Waals surface area contributed by atoms with Crippen molar-refractivity contribution in [2.45, 2.75) is 46.1 Å². The second-order valence-corrected chi connectivity index (χ2v) is 4.94. The summed E-state index contributed by atoms with van der Waals surface area (Å²) in [4.78, 5) is 25.1. The maximum atomic E-state index is 11.7. The Balaban J connectivity index is 2.37. The summed E-state index contributed by atoms with van der Waals surface area (Å²) in [6.45, 7) is 7.80. The third kappa shape index (κ3) is 4.46. The fourth-order valence-electron chi connectivity index (χ4n) is 2.46. The average molecular weight is 241 g/mol. The first-order valence-electron chi connectivity index (χ1n) is 6.46. The van der Waals surface area contributed by atoms with Crippen LogP contribution >= 0.6 is 0 Å². The molecule has 1 unspecified atom stereocenters. The number of carbonyl (C=O) groups excluding carboxylic acids is 2. The topological polar surface area (TPSA) is 46.6 Å². The van der Waals surface area contributed by atoms with Gasteiger partial charge in [-0.05, 0) is 32.2 Å². The van der Waals surface area contributed by atoms with Crippen LogP contribution in [0.1, 0.15) is 40.0 Å². The van der Waals surface area contributed by atoms with E-state index in [1.807, 2.05) is 0 Å². The average Bonchev–Trinajstić information content (AvgIpc) is 2.65. The van der Waals surface area contributed by atoms with Gasteiger partial charge < -0.3 is 4.74 Å². The molecule has 0 aromatic heterocycles. The molecular weight excluding hydrogens is 218 g/mol. The molecule has 1 heterocycles. The van der Waals surface area contributed by atoms with E-state index in [9.17, 15) is 9.59 Å². The van der Waals surface area contributed by atoms with E-state index in [0.717, 1.165) is 19.4 Å². The first-order chi connectivity index (χ1) is 8.04. The number of hydrogen-bond acceptors (Lipinski definition) is 4. The lowest BCUT2D eigenvalue weighted by molar-refractivity contribution is -0.145. The molecule has 0 saturated carbocycles. The first kappa shape index (κ1) is 14.2. The summed E-state index contributed by atoms with van der Waals surface area (Å²) < 4.78 is 4.77. The Kier molecular flexibility index (Phi) is 5.62. The highest BCUT2D eigenvalue weighted by Gasteiger charge is 2.28. The van der Waals surface area contributed by atoms with Crippen molar-refractivity contribution in [3.05, 3.63) is 0 Å². The molecule has 1 aliphatic heterocycles. The molecule has 1 aliphatic rings. The van der Waals surface area contributed by atoms with Crippen molar-refractivity contribution in [2.24, 2.45) is 5.92 Å². The lowest BCUT2D eigenvalue weighted by Crippen LogP contribution is -2.37. The van der Waals surface area contributed by atoms with Gasteiger partial charge in [-0.3, -0.25) is 14.5 Å². The molecule has 0 aliphatic carbocycles. The summed E-state index contributed by atoms with van der Waals surface area (Å²) in [7, 11) is 0. The van der Waals surface area contributed by atoms with E-state index in [2.05, 4.69) is 18.7 Å². The fourth-order valence-corrected chi connectivity index (χ4v) is 2.46. The molecule has 0 aromatic rings. The predicted molar refractivity (Wildman–Crippen MR) is 65.7 cm³/mol. The van der Waals surface area contributed by atoms with Gasteiger partial charge in [0.1, 0.15) is 6.42 Å². The van der Waals surface area contributed by atoms with Crippen LogP contribution < -0.4 is 0 Å². The number of esters is 1. The van der Waals surface area contributed by atoms with Gasteiger partial charge in [0, 0.05) is 6.04 Å². The van der Waals surface area contributed by atoms with Gasteiger partial charge in [0.2, 0.25) is 0 Å². The molecule has 17 heavy (non-hydrogen) atoms. The fraction of sp³-hybridized carbons (Fsp3) is 0.846. The van der Waals surface area contributed by atoms with Crippen molar-refractivity contribution in [1.82, 2.24) is 4.90 Å².